The minimum absolute atomic E-state index is 0.268. The van der Waals surface area contributed by atoms with Gasteiger partial charge in [0.15, 0.2) is 6.29 Å². The molecule has 200 valence electrons. The Labute approximate surface area is 222 Å². The van der Waals surface area contributed by atoms with Gasteiger partial charge in [0.25, 0.3) is 0 Å². The number of imide groups is 1. The van der Waals surface area contributed by atoms with Crippen molar-refractivity contribution in [1.29, 1.82) is 0 Å². The van der Waals surface area contributed by atoms with Crippen LogP contribution in [0.3, 0.4) is 0 Å². The molecule has 1 N–H and O–H groups in total. The molecular formula is C27H33N7O4. The first-order chi connectivity index (χ1) is 18.4. The topological polar surface area (TPSA) is 111 Å². The average molecular weight is 520 g/mol. The largest absolute Gasteiger partial charge is 0.361 e. The van der Waals surface area contributed by atoms with Gasteiger partial charge in [-0.05, 0) is 24.6 Å². The van der Waals surface area contributed by atoms with Crippen LogP contribution in [0, 0.1) is 11.8 Å². The Kier molecular flexibility index (Phi) is 8.89. The molecule has 0 aliphatic carbocycles. The zero-order valence-corrected chi connectivity index (χ0v) is 21.8. The molecule has 3 heterocycles. The van der Waals surface area contributed by atoms with Gasteiger partial charge in [-0.2, -0.15) is 5.10 Å². The summed E-state index contributed by atoms with van der Waals surface area (Å²) < 4.78 is 1.73. The van der Waals surface area contributed by atoms with E-state index in [-0.39, 0.29) is 18.2 Å². The molecule has 1 unspecified atom stereocenters. The van der Waals surface area contributed by atoms with E-state index in [0.29, 0.717) is 42.1 Å². The zero-order chi connectivity index (χ0) is 27.1. The highest BCUT2D eigenvalue weighted by atomic mass is 16.2. The molecule has 2 aliphatic rings. The number of nitrogens with zero attached hydrogens (tertiary/aromatic N) is 6. The summed E-state index contributed by atoms with van der Waals surface area (Å²) in [7, 11) is 3.45. The lowest BCUT2D eigenvalue weighted by molar-refractivity contribution is -0.134. The molecule has 2 aliphatic heterocycles. The number of amides is 3. The Bertz CT molecular complexity index is 1240. The van der Waals surface area contributed by atoms with Crippen LogP contribution in [0.4, 0.5) is 11.4 Å². The highest BCUT2D eigenvalue weighted by Crippen LogP contribution is 2.33. The molecule has 1 aromatic carbocycles. The number of likely N-dealkylation sites (N-methyl/N-ethyl adjacent to an activating group) is 1. The smallest absolute Gasteiger partial charge is 0.249 e. The van der Waals surface area contributed by atoms with Crippen molar-refractivity contribution in [3.8, 4) is 11.8 Å². The van der Waals surface area contributed by atoms with Crippen molar-refractivity contribution in [3.05, 3.63) is 41.7 Å². The van der Waals surface area contributed by atoms with Gasteiger partial charge >= 0.3 is 0 Å². The summed E-state index contributed by atoms with van der Waals surface area (Å²) >= 11 is 0. The van der Waals surface area contributed by atoms with Crippen molar-refractivity contribution in [2.75, 3.05) is 63.2 Å². The van der Waals surface area contributed by atoms with Gasteiger partial charge in [0.2, 0.25) is 18.2 Å². The fourth-order valence-electron chi connectivity index (χ4n) is 4.84. The van der Waals surface area contributed by atoms with E-state index in [9.17, 15) is 19.2 Å². The maximum absolute atomic E-state index is 12.4. The van der Waals surface area contributed by atoms with Crippen molar-refractivity contribution in [2.24, 2.45) is 0 Å². The predicted molar refractivity (Wildman–Crippen MR) is 143 cm³/mol. The average Bonchev–Trinajstić information content (AvgIpc) is 3.39. The first kappa shape index (κ1) is 27.0. The van der Waals surface area contributed by atoms with Crippen molar-refractivity contribution in [1.82, 2.24) is 24.9 Å². The van der Waals surface area contributed by atoms with Gasteiger partial charge < -0.3 is 9.80 Å². The van der Waals surface area contributed by atoms with E-state index < -0.39 is 6.04 Å². The molecule has 38 heavy (non-hydrogen) atoms. The highest BCUT2D eigenvalue weighted by molar-refractivity contribution is 6.02. The van der Waals surface area contributed by atoms with Crippen LogP contribution in [0.2, 0.25) is 0 Å². The molecule has 1 atom stereocenters. The second-order valence-electron chi connectivity index (χ2n) is 9.48. The molecule has 0 spiro atoms. The van der Waals surface area contributed by atoms with E-state index in [2.05, 4.69) is 32.1 Å². The van der Waals surface area contributed by atoms with Crippen LogP contribution in [0.1, 0.15) is 28.9 Å². The van der Waals surface area contributed by atoms with Crippen molar-refractivity contribution < 1.29 is 19.2 Å². The normalized spacial score (nSPS) is 18.3. The summed E-state index contributed by atoms with van der Waals surface area (Å²) in [5.41, 5.74) is 2.61. The fraction of sp³-hybridized carbons (Fsp3) is 0.444. The number of anilines is 2. The first-order valence-electron chi connectivity index (χ1n) is 12.7. The number of hydrogen-bond donors (Lipinski definition) is 1. The number of carbonyl (C=O) groups excluding carboxylic acids is 4. The molecule has 4 rings (SSSR count). The van der Waals surface area contributed by atoms with Gasteiger partial charge in [-0.25, -0.2) is 0 Å². The van der Waals surface area contributed by atoms with Crippen molar-refractivity contribution in [3.63, 3.8) is 0 Å². The number of benzene rings is 1. The Hall–Kier alpha value is -4.01. The molecule has 0 radical (unpaired) electrons. The molecule has 1 aromatic heterocycles. The van der Waals surface area contributed by atoms with Crippen LogP contribution >= 0.6 is 0 Å². The summed E-state index contributed by atoms with van der Waals surface area (Å²) in [5, 5.41) is 6.59. The Morgan fingerprint density at radius 1 is 1.08 bits per heavy atom. The number of carbonyl (C=O) groups is 4. The van der Waals surface area contributed by atoms with Crippen LogP contribution in [-0.4, -0.2) is 103 Å². The minimum Gasteiger partial charge on any atom is -0.361 e. The third-order valence-electron chi connectivity index (χ3n) is 7.07. The third kappa shape index (κ3) is 6.27. The van der Waals surface area contributed by atoms with Crippen LogP contribution in [0.25, 0.3) is 0 Å². The fourth-order valence-corrected chi connectivity index (χ4v) is 4.84. The van der Waals surface area contributed by atoms with Crippen LogP contribution in [0.5, 0.6) is 0 Å². The lowest BCUT2D eigenvalue weighted by Crippen LogP contribution is -2.51. The molecule has 0 bridgehead atoms. The summed E-state index contributed by atoms with van der Waals surface area (Å²) in [6.45, 7) is 5.69. The number of aromatic nitrogens is 2. The number of hydrogen-bond acceptors (Lipinski definition) is 8. The highest BCUT2D eigenvalue weighted by Gasteiger charge is 2.31. The standard InChI is InChI=1S/C27H33N7O4/c1-30(20-36)26-21(5-3-7-23(26)31(2)24-8-9-25(37)29-27(24)38)6-4-12-32-13-15-33(16-14-32)17-18-34-22(19-35)10-11-28-34/h3,5,7,10-11,19-20,24H,8-9,12-18H2,1-2H3,(H,29,37,38). The molecule has 2 saturated heterocycles. The third-order valence-corrected chi connectivity index (χ3v) is 7.07. The number of piperazine rings is 1. The summed E-state index contributed by atoms with van der Waals surface area (Å²) in [6.07, 6.45) is 3.87. The van der Waals surface area contributed by atoms with Crippen LogP contribution < -0.4 is 15.1 Å². The van der Waals surface area contributed by atoms with Gasteiger partial charge in [0.05, 0.1) is 30.0 Å². The van der Waals surface area contributed by atoms with Gasteiger partial charge in [-0.1, -0.05) is 17.9 Å². The molecule has 2 aromatic rings. The van der Waals surface area contributed by atoms with Gasteiger partial charge in [0, 0.05) is 59.4 Å². The van der Waals surface area contributed by atoms with Crippen molar-refractivity contribution >= 4 is 35.9 Å². The second-order valence-corrected chi connectivity index (χ2v) is 9.48. The summed E-state index contributed by atoms with van der Waals surface area (Å²) in [4.78, 5) is 54.7. The molecular weight excluding hydrogens is 486 g/mol. The summed E-state index contributed by atoms with van der Waals surface area (Å²) in [5.74, 6) is 5.87. The van der Waals surface area contributed by atoms with E-state index in [1.165, 1.54) is 4.90 Å². The van der Waals surface area contributed by atoms with E-state index in [1.807, 2.05) is 23.1 Å². The minimum atomic E-state index is -0.510. The van der Waals surface area contributed by atoms with E-state index in [1.54, 1.807) is 31.0 Å². The maximum Gasteiger partial charge on any atom is 0.249 e. The number of para-hydroxylation sites is 1. The zero-order valence-electron chi connectivity index (χ0n) is 21.8. The van der Waals surface area contributed by atoms with E-state index in [4.69, 9.17) is 0 Å². The quantitative estimate of drug-likeness (QED) is 0.284. The van der Waals surface area contributed by atoms with Crippen molar-refractivity contribution in [2.45, 2.75) is 25.4 Å². The van der Waals surface area contributed by atoms with Crippen LogP contribution in [-0.2, 0) is 20.9 Å². The molecule has 2 fully saturated rings. The van der Waals surface area contributed by atoms with Gasteiger partial charge in [-0.15, -0.1) is 0 Å². The lowest BCUT2D eigenvalue weighted by Gasteiger charge is -2.34. The number of aldehydes is 1. The molecule has 0 saturated carbocycles. The number of rotatable bonds is 9. The van der Waals surface area contributed by atoms with E-state index >= 15 is 0 Å². The Morgan fingerprint density at radius 3 is 2.55 bits per heavy atom. The second kappa shape index (κ2) is 12.5. The van der Waals surface area contributed by atoms with Gasteiger partial charge in [0.1, 0.15) is 11.7 Å². The Balaban J connectivity index is 1.38. The number of piperidine rings is 1. The maximum atomic E-state index is 12.4. The lowest BCUT2D eigenvalue weighted by atomic mass is 10.0. The first-order valence-corrected chi connectivity index (χ1v) is 12.7. The van der Waals surface area contributed by atoms with E-state index in [0.717, 1.165) is 45.4 Å². The van der Waals surface area contributed by atoms with Gasteiger partial charge in [-0.3, -0.25) is 39.0 Å². The van der Waals surface area contributed by atoms with Crippen LogP contribution in [0.15, 0.2) is 30.5 Å². The SMILES string of the molecule is CN(C=O)c1c(C#CCN2CCN(CCn3nccc3C=O)CC2)cccc1N(C)C1CCC(=O)NC1=O. The molecule has 11 heteroatoms. The molecule has 11 nitrogen and oxygen atoms in total. The Morgan fingerprint density at radius 2 is 1.84 bits per heavy atom. The monoisotopic (exact) mass is 519 g/mol. The number of nitrogens with one attached hydrogen (secondary N) is 1. The predicted octanol–water partition coefficient (Wildman–Crippen LogP) is 0.199. The molecule has 3 amide bonds. The summed E-state index contributed by atoms with van der Waals surface area (Å²) in [6, 6.07) is 6.78.